The third kappa shape index (κ3) is 2.11. The first-order chi connectivity index (χ1) is 6.57. The van der Waals surface area contributed by atoms with E-state index in [1.54, 1.807) is 19.9 Å². The van der Waals surface area contributed by atoms with Gasteiger partial charge in [-0.3, -0.25) is 0 Å². The lowest BCUT2D eigenvalue weighted by atomic mass is 9.97. The number of halogens is 1. The largest absolute Gasteiger partial charge is 0.396 e. The minimum absolute atomic E-state index is 0.0239. The van der Waals surface area contributed by atoms with E-state index < -0.39 is 0 Å². The maximum Gasteiger partial charge on any atom is 0.129 e. The molecule has 0 radical (unpaired) electrons. The van der Waals surface area contributed by atoms with Crippen molar-refractivity contribution in [1.82, 2.24) is 0 Å². The van der Waals surface area contributed by atoms with Crippen molar-refractivity contribution in [2.75, 3.05) is 6.61 Å². The highest BCUT2D eigenvalue weighted by Crippen LogP contribution is 2.22. The molecule has 78 valence electrons. The monoisotopic (exact) mass is 197 g/mol. The van der Waals surface area contributed by atoms with Crippen molar-refractivity contribution in [2.45, 2.75) is 26.3 Å². The molecule has 0 saturated heterocycles. The molecule has 14 heavy (non-hydrogen) atoms. The van der Waals surface area contributed by atoms with Gasteiger partial charge >= 0.3 is 0 Å². The Morgan fingerprint density at radius 1 is 1.43 bits per heavy atom. The predicted octanol–water partition coefficient (Wildman–Crippen LogP) is 1.82. The molecule has 0 aliphatic heterocycles. The van der Waals surface area contributed by atoms with Crippen LogP contribution in [0.15, 0.2) is 12.1 Å². The summed E-state index contributed by atoms with van der Waals surface area (Å²) in [7, 11) is 0. The SMILES string of the molecule is Cc1ccc(C(N)CCO)c(C)c1F. The second-order valence-corrected chi connectivity index (χ2v) is 3.53. The van der Waals surface area contributed by atoms with E-state index >= 15 is 0 Å². The van der Waals surface area contributed by atoms with E-state index in [9.17, 15) is 4.39 Å². The van der Waals surface area contributed by atoms with Gasteiger partial charge in [0.1, 0.15) is 5.82 Å². The Balaban J connectivity index is 3.04. The fraction of sp³-hybridized carbons (Fsp3) is 0.455. The molecule has 0 spiro atoms. The highest BCUT2D eigenvalue weighted by atomic mass is 19.1. The van der Waals surface area contributed by atoms with Crippen molar-refractivity contribution in [2.24, 2.45) is 5.73 Å². The van der Waals surface area contributed by atoms with Crippen molar-refractivity contribution in [3.8, 4) is 0 Å². The van der Waals surface area contributed by atoms with Crippen molar-refractivity contribution >= 4 is 0 Å². The van der Waals surface area contributed by atoms with Crippen LogP contribution in [-0.4, -0.2) is 11.7 Å². The quantitative estimate of drug-likeness (QED) is 0.776. The number of aliphatic hydroxyl groups is 1. The molecule has 1 atom stereocenters. The van der Waals surface area contributed by atoms with Crippen LogP contribution in [0.25, 0.3) is 0 Å². The Labute approximate surface area is 83.6 Å². The molecule has 0 fully saturated rings. The van der Waals surface area contributed by atoms with Crippen molar-refractivity contribution in [3.05, 3.63) is 34.6 Å². The van der Waals surface area contributed by atoms with E-state index in [1.807, 2.05) is 6.07 Å². The second-order valence-electron chi connectivity index (χ2n) is 3.53. The van der Waals surface area contributed by atoms with Crippen LogP contribution >= 0.6 is 0 Å². The summed E-state index contributed by atoms with van der Waals surface area (Å²) >= 11 is 0. The molecular weight excluding hydrogens is 181 g/mol. The van der Waals surface area contributed by atoms with E-state index in [0.29, 0.717) is 17.5 Å². The summed E-state index contributed by atoms with van der Waals surface area (Å²) in [4.78, 5) is 0. The molecular formula is C11H16FNO. The average molecular weight is 197 g/mol. The van der Waals surface area contributed by atoms with E-state index in [-0.39, 0.29) is 18.5 Å². The molecule has 0 aliphatic rings. The van der Waals surface area contributed by atoms with E-state index in [2.05, 4.69) is 0 Å². The smallest absolute Gasteiger partial charge is 0.129 e. The van der Waals surface area contributed by atoms with Gasteiger partial charge in [-0.25, -0.2) is 4.39 Å². The van der Waals surface area contributed by atoms with Gasteiger partial charge in [0.15, 0.2) is 0 Å². The number of rotatable bonds is 3. The van der Waals surface area contributed by atoms with Crippen LogP contribution in [0.4, 0.5) is 4.39 Å². The zero-order valence-electron chi connectivity index (χ0n) is 8.55. The fourth-order valence-corrected chi connectivity index (χ4v) is 1.53. The molecule has 2 nitrogen and oxygen atoms in total. The molecule has 0 bridgehead atoms. The molecule has 3 N–H and O–H groups in total. The topological polar surface area (TPSA) is 46.2 Å². The molecule has 0 heterocycles. The first-order valence-corrected chi connectivity index (χ1v) is 4.70. The summed E-state index contributed by atoms with van der Waals surface area (Å²) in [5, 5.41) is 8.74. The lowest BCUT2D eigenvalue weighted by molar-refractivity contribution is 0.276. The molecule has 1 aromatic carbocycles. The normalized spacial score (nSPS) is 12.9. The first-order valence-electron chi connectivity index (χ1n) is 4.70. The Morgan fingerprint density at radius 2 is 2.07 bits per heavy atom. The van der Waals surface area contributed by atoms with Gasteiger partial charge in [-0.05, 0) is 37.0 Å². The van der Waals surface area contributed by atoms with Gasteiger partial charge in [0, 0.05) is 12.6 Å². The fourth-order valence-electron chi connectivity index (χ4n) is 1.53. The highest BCUT2D eigenvalue weighted by molar-refractivity contribution is 5.34. The summed E-state index contributed by atoms with van der Waals surface area (Å²) in [5.74, 6) is -0.198. The maximum atomic E-state index is 13.5. The summed E-state index contributed by atoms with van der Waals surface area (Å²) in [6, 6.07) is 3.26. The Bertz CT molecular complexity index is 325. The third-order valence-corrected chi connectivity index (χ3v) is 2.46. The molecule has 0 amide bonds. The van der Waals surface area contributed by atoms with Crippen LogP contribution in [0.1, 0.15) is 29.2 Å². The number of nitrogens with two attached hydrogens (primary N) is 1. The average Bonchev–Trinajstić information content (AvgIpc) is 2.15. The third-order valence-electron chi connectivity index (χ3n) is 2.46. The molecule has 1 unspecified atom stereocenters. The number of hydrogen-bond donors (Lipinski definition) is 2. The van der Waals surface area contributed by atoms with E-state index in [0.717, 1.165) is 5.56 Å². The summed E-state index contributed by atoms with van der Waals surface area (Å²) in [6.45, 7) is 3.47. The number of aliphatic hydroxyl groups excluding tert-OH is 1. The summed E-state index contributed by atoms with van der Waals surface area (Å²) in [6.07, 6.45) is 0.462. The van der Waals surface area contributed by atoms with Gasteiger partial charge < -0.3 is 10.8 Å². The first kappa shape index (κ1) is 11.1. The minimum atomic E-state index is -0.282. The minimum Gasteiger partial charge on any atom is -0.396 e. The van der Waals surface area contributed by atoms with Gasteiger partial charge in [-0.15, -0.1) is 0 Å². The highest BCUT2D eigenvalue weighted by Gasteiger charge is 2.12. The van der Waals surface area contributed by atoms with Gasteiger partial charge in [0.05, 0.1) is 0 Å². The van der Waals surface area contributed by atoms with Crippen LogP contribution in [0.5, 0.6) is 0 Å². The molecule has 0 saturated carbocycles. The van der Waals surface area contributed by atoms with Gasteiger partial charge in [0.2, 0.25) is 0 Å². The van der Waals surface area contributed by atoms with Gasteiger partial charge in [-0.2, -0.15) is 0 Å². The standard InChI is InChI=1S/C11H16FNO/c1-7-3-4-9(8(2)11(7)12)10(13)5-6-14/h3-4,10,14H,5-6,13H2,1-2H3. The number of hydrogen-bond acceptors (Lipinski definition) is 2. The molecule has 0 aromatic heterocycles. The summed E-state index contributed by atoms with van der Waals surface area (Å²) in [5.41, 5.74) is 7.79. The van der Waals surface area contributed by atoms with Gasteiger partial charge in [-0.1, -0.05) is 12.1 Å². The van der Waals surface area contributed by atoms with Crippen LogP contribution in [0, 0.1) is 19.7 Å². The van der Waals surface area contributed by atoms with E-state index in [4.69, 9.17) is 10.8 Å². The van der Waals surface area contributed by atoms with Crippen molar-refractivity contribution < 1.29 is 9.50 Å². The lowest BCUT2D eigenvalue weighted by Gasteiger charge is -2.14. The summed E-state index contributed by atoms with van der Waals surface area (Å²) < 4.78 is 13.5. The van der Waals surface area contributed by atoms with Crippen LogP contribution in [0.2, 0.25) is 0 Å². The maximum absolute atomic E-state index is 13.5. The molecule has 1 rings (SSSR count). The number of benzene rings is 1. The Kier molecular flexibility index (Phi) is 3.61. The predicted molar refractivity (Wildman–Crippen MR) is 54.5 cm³/mol. The zero-order valence-corrected chi connectivity index (χ0v) is 8.55. The van der Waals surface area contributed by atoms with E-state index in [1.165, 1.54) is 0 Å². The van der Waals surface area contributed by atoms with Gasteiger partial charge in [0.25, 0.3) is 0 Å². The second kappa shape index (κ2) is 4.53. The molecule has 1 aromatic rings. The Hall–Kier alpha value is -0.930. The van der Waals surface area contributed by atoms with Crippen LogP contribution in [-0.2, 0) is 0 Å². The van der Waals surface area contributed by atoms with Crippen LogP contribution in [0.3, 0.4) is 0 Å². The van der Waals surface area contributed by atoms with Crippen molar-refractivity contribution in [3.63, 3.8) is 0 Å². The molecule has 3 heteroatoms. The lowest BCUT2D eigenvalue weighted by Crippen LogP contribution is -2.14. The van der Waals surface area contributed by atoms with Crippen LogP contribution < -0.4 is 5.73 Å². The molecule has 0 aliphatic carbocycles. The number of aryl methyl sites for hydroxylation is 1. The Morgan fingerprint density at radius 3 is 2.64 bits per heavy atom. The van der Waals surface area contributed by atoms with Crippen molar-refractivity contribution in [1.29, 1.82) is 0 Å². The zero-order chi connectivity index (χ0) is 10.7.